The van der Waals surface area contributed by atoms with E-state index in [0.717, 1.165) is 5.71 Å². The smallest absolute Gasteiger partial charge is 0.338 e. The van der Waals surface area contributed by atoms with Crippen molar-refractivity contribution in [2.45, 2.75) is 46.6 Å². The third-order valence-electron chi connectivity index (χ3n) is 4.31. The van der Waals surface area contributed by atoms with Crippen LogP contribution in [0.2, 0.25) is 0 Å². The summed E-state index contributed by atoms with van der Waals surface area (Å²) in [5, 5.41) is 3.17. The lowest BCUT2D eigenvalue weighted by Gasteiger charge is -2.34. The molecule has 1 atom stereocenters. The summed E-state index contributed by atoms with van der Waals surface area (Å²) in [5.74, 6) is -0.163. The van der Waals surface area contributed by atoms with Crippen molar-refractivity contribution in [2.75, 3.05) is 6.61 Å². The molecule has 1 unspecified atom stereocenters. The van der Waals surface area contributed by atoms with Crippen LogP contribution >= 0.6 is 0 Å². The lowest BCUT2D eigenvalue weighted by Crippen LogP contribution is -2.43. The number of hydrogen-bond donors (Lipinski definition) is 1. The van der Waals surface area contributed by atoms with Gasteiger partial charge in [0.05, 0.1) is 17.9 Å². The molecule has 2 aliphatic heterocycles. The Morgan fingerprint density at radius 3 is 2.52 bits per heavy atom. The molecule has 0 aromatic heterocycles. The molecule has 0 amide bonds. The normalized spacial score (nSPS) is 21.0. The lowest BCUT2D eigenvalue weighted by atomic mass is 9.82. The summed E-state index contributed by atoms with van der Waals surface area (Å²) < 4.78 is 18.6. The van der Waals surface area contributed by atoms with E-state index in [0.29, 0.717) is 29.1 Å². The van der Waals surface area contributed by atoms with Crippen LogP contribution in [0.4, 0.5) is 4.39 Å². The highest BCUT2D eigenvalue weighted by Gasteiger charge is 2.41. The second-order valence-electron chi connectivity index (χ2n) is 6.05. The van der Waals surface area contributed by atoms with Gasteiger partial charge in [-0.25, -0.2) is 9.18 Å². The average Bonchev–Trinajstić information content (AvgIpc) is 3.18. The quantitative estimate of drug-likeness (QED) is 0.804. The van der Waals surface area contributed by atoms with Crippen LogP contribution in [0.3, 0.4) is 0 Å². The van der Waals surface area contributed by atoms with Gasteiger partial charge in [0, 0.05) is 18.3 Å². The number of benzene rings is 1. The fraction of sp³-hybridized carbons (Fsp3) is 0.381. The van der Waals surface area contributed by atoms with E-state index in [2.05, 4.69) is 10.3 Å². The molecule has 1 aromatic carbocycles. The van der Waals surface area contributed by atoms with Crippen molar-refractivity contribution in [1.82, 2.24) is 5.32 Å². The first kappa shape index (κ1) is 20.6. The first-order valence-electron chi connectivity index (χ1n) is 9.19. The van der Waals surface area contributed by atoms with E-state index in [9.17, 15) is 9.18 Å². The van der Waals surface area contributed by atoms with Crippen molar-refractivity contribution in [2.24, 2.45) is 9.98 Å². The number of rotatable bonds is 4. The van der Waals surface area contributed by atoms with Crippen LogP contribution in [-0.4, -0.2) is 24.1 Å². The van der Waals surface area contributed by atoms with Crippen LogP contribution in [-0.2, 0) is 15.1 Å². The van der Waals surface area contributed by atoms with Crippen LogP contribution in [0.25, 0.3) is 0 Å². The zero-order valence-corrected chi connectivity index (χ0v) is 16.5. The maximum absolute atomic E-state index is 13.4. The van der Waals surface area contributed by atoms with Crippen molar-refractivity contribution in [3.63, 3.8) is 0 Å². The fourth-order valence-corrected chi connectivity index (χ4v) is 3.11. The second-order valence-corrected chi connectivity index (χ2v) is 6.05. The number of nitrogens with zero attached hydrogens (tertiary/aromatic N) is 2. The average molecular weight is 371 g/mol. The molecule has 3 rings (SSSR count). The first-order valence-corrected chi connectivity index (χ1v) is 9.19. The van der Waals surface area contributed by atoms with E-state index >= 15 is 0 Å². The zero-order chi connectivity index (χ0) is 20.0. The Morgan fingerprint density at radius 2 is 1.96 bits per heavy atom. The summed E-state index contributed by atoms with van der Waals surface area (Å²) in [6.07, 6.45) is 4.34. The molecular weight excluding hydrogens is 345 g/mol. The van der Waals surface area contributed by atoms with E-state index in [1.807, 2.05) is 33.8 Å². The highest BCUT2D eigenvalue weighted by molar-refractivity contribution is 6.43. The molecule has 5 nitrogen and oxygen atoms in total. The van der Waals surface area contributed by atoms with Gasteiger partial charge in [-0.05, 0) is 38.5 Å². The third-order valence-corrected chi connectivity index (χ3v) is 4.31. The molecule has 0 bridgehead atoms. The number of carbonyl (C=O) groups excluding carboxylic acids is 1. The molecule has 0 saturated heterocycles. The number of carbonyl (C=O) groups is 1. The van der Waals surface area contributed by atoms with Crippen molar-refractivity contribution in [3.05, 3.63) is 59.2 Å². The minimum absolute atomic E-state index is 0.266. The number of allylic oxidation sites excluding steroid dienone is 2. The second kappa shape index (κ2) is 8.75. The van der Waals surface area contributed by atoms with Crippen molar-refractivity contribution >= 4 is 17.5 Å². The summed E-state index contributed by atoms with van der Waals surface area (Å²) in [6, 6.07) is 6.01. The fourth-order valence-electron chi connectivity index (χ4n) is 3.11. The Bertz CT molecular complexity index is 822. The van der Waals surface area contributed by atoms with E-state index in [1.54, 1.807) is 25.3 Å². The number of halogens is 1. The van der Waals surface area contributed by atoms with Gasteiger partial charge in [-0.2, -0.15) is 0 Å². The molecule has 6 heteroatoms. The van der Waals surface area contributed by atoms with Crippen LogP contribution < -0.4 is 5.32 Å². The molecule has 0 aliphatic carbocycles. The summed E-state index contributed by atoms with van der Waals surface area (Å²) in [4.78, 5) is 21.7. The molecule has 0 fully saturated rings. The SMILES string of the molecule is CC.CCOC(=O)C1=C(C)NC(C2=NC=CC2)=NC1(C)c1ccc(F)cc1. The minimum atomic E-state index is -0.990. The number of nitrogens with one attached hydrogen (secondary N) is 1. The molecule has 2 heterocycles. The molecule has 0 spiro atoms. The van der Waals surface area contributed by atoms with Gasteiger partial charge in [0.2, 0.25) is 0 Å². The number of hydrogen-bond acceptors (Lipinski definition) is 5. The third kappa shape index (κ3) is 4.15. The minimum Gasteiger partial charge on any atom is -0.463 e. The van der Waals surface area contributed by atoms with Crippen LogP contribution in [0.5, 0.6) is 0 Å². The Balaban J connectivity index is 0.00000126. The van der Waals surface area contributed by atoms with Crippen LogP contribution in [0, 0.1) is 5.82 Å². The molecule has 1 N–H and O–H groups in total. The van der Waals surface area contributed by atoms with E-state index < -0.39 is 11.5 Å². The Labute approximate surface area is 159 Å². The van der Waals surface area contributed by atoms with Gasteiger partial charge < -0.3 is 10.1 Å². The zero-order valence-electron chi connectivity index (χ0n) is 16.5. The monoisotopic (exact) mass is 371 g/mol. The summed E-state index contributed by atoms with van der Waals surface area (Å²) >= 11 is 0. The lowest BCUT2D eigenvalue weighted by molar-refractivity contribution is -0.139. The number of amidine groups is 1. The summed E-state index contributed by atoms with van der Waals surface area (Å²) in [6.45, 7) is 9.67. The van der Waals surface area contributed by atoms with Gasteiger partial charge in [0.15, 0.2) is 0 Å². The van der Waals surface area contributed by atoms with Crippen molar-refractivity contribution in [1.29, 1.82) is 0 Å². The molecule has 0 saturated carbocycles. The maximum atomic E-state index is 13.4. The van der Waals surface area contributed by atoms with E-state index in [4.69, 9.17) is 9.73 Å². The Kier molecular flexibility index (Phi) is 6.66. The van der Waals surface area contributed by atoms with E-state index in [-0.39, 0.29) is 12.4 Å². The number of ether oxygens (including phenoxy) is 1. The maximum Gasteiger partial charge on any atom is 0.338 e. The standard InChI is InChI=1S/C19H20FN3O2.C2H6/c1-4-25-18(24)16-12(2)22-17(15-6-5-11-21-15)23-19(16,3)13-7-9-14(20)10-8-13;1-2/h5,7-11H,4,6H2,1-3H3,(H,22,23);1-2H3. The Morgan fingerprint density at radius 1 is 1.30 bits per heavy atom. The summed E-state index contributed by atoms with van der Waals surface area (Å²) in [5.41, 5.74) is 1.59. The van der Waals surface area contributed by atoms with Gasteiger partial charge in [-0.3, -0.25) is 9.98 Å². The number of esters is 1. The topological polar surface area (TPSA) is 63.0 Å². The molecule has 1 aromatic rings. The van der Waals surface area contributed by atoms with Crippen molar-refractivity contribution < 1.29 is 13.9 Å². The van der Waals surface area contributed by atoms with Crippen LogP contribution in [0.1, 0.15) is 46.6 Å². The highest BCUT2D eigenvalue weighted by Crippen LogP contribution is 2.38. The highest BCUT2D eigenvalue weighted by atomic mass is 19.1. The van der Waals surface area contributed by atoms with Crippen LogP contribution in [0.15, 0.2) is 57.8 Å². The molecule has 144 valence electrons. The molecular formula is C21H26FN3O2. The largest absolute Gasteiger partial charge is 0.463 e. The van der Waals surface area contributed by atoms with Crippen molar-refractivity contribution in [3.8, 4) is 0 Å². The summed E-state index contributed by atoms with van der Waals surface area (Å²) in [7, 11) is 0. The number of aliphatic imine (C=N–C) groups is 2. The van der Waals surface area contributed by atoms with Gasteiger partial charge in [-0.1, -0.05) is 32.1 Å². The van der Waals surface area contributed by atoms with Gasteiger partial charge in [0.1, 0.15) is 17.2 Å². The predicted molar refractivity (Wildman–Crippen MR) is 106 cm³/mol. The first-order chi connectivity index (χ1) is 13.0. The molecule has 0 radical (unpaired) electrons. The van der Waals surface area contributed by atoms with Gasteiger partial charge in [-0.15, -0.1) is 0 Å². The molecule has 27 heavy (non-hydrogen) atoms. The van der Waals surface area contributed by atoms with Gasteiger partial charge >= 0.3 is 5.97 Å². The molecule has 2 aliphatic rings. The van der Waals surface area contributed by atoms with Gasteiger partial charge in [0.25, 0.3) is 0 Å². The predicted octanol–water partition coefficient (Wildman–Crippen LogP) is 4.26. The van der Waals surface area contributed by atoms with E-state index in [1.165, 1.54) is 12.1 Å². The Hall–Kier alpha value is -2.76.